The van der Waals surface area contributed by atoms with Crippen LogP contribution in [-0.2, 0) is 9.05 Å². The first-order valence-electron chi connectivity index (χ1n) is 5.38. The molecule has 0 amide bonds. The molecule has 2 rings (SSSR count). The number of pyridine rings is 1. The number of hydrogen-bond acceptors (Lipinski definition) is 4. The first-order chi connectivity index (χ1) is 8.39. The summed E-state index contributed by atoms with van der Waals surface area (Å²) in [5.41, 5.74) is 0.325. The molecule has 0 spiro atoms. The highest BCUT2D eigenvalue weighted by Crippen LogP contribution is 2.31. The van der Waals surface area contributed by atoms with Gasteiger partial charge in [0.25, 0.3) is 9.05 Å². The number of hydrogen-bond donors (Lipinski definition) is 0. The van der Waals surface area contributed by atoms with Crippen molar-refractivity contribution in [1.29, 1.82) is 0 Å². The maximum atomic E-state index is 11.5. The molecular weight excluding hydrogens is 274 g/mol. The number of aromatic nitrogens is 1. The van der Waals surface area contributed by atoms with Crippen LogP contribution in [0.15, 0.2) is 35.4 Å². The van der Waals surface area contributed by atoms with Crippen molar-refractivity contribution >= 4 is 30.6 Å². The first-order valence-corrected chi connectivity index (χ1v) is 7.69. The zero-order chi connectivity index (χ0) is 13.3. The Labute approximate surface area is 110 Å². The summed E-state index contributed by atoms with van der Waals surface area (Å²) in [6.07, 6.45) is 1.51. The molecule has 0 saturated carbocycles. The lowest BCUT2D eigenvalue weighted by molar-refractivity contribution is 0.245. The maximum absolute atomic E-state index is 11.5. The lowest BCUT2D eigenvalue weighted by Crippen LogP contribution is -2.06. The fraction of sp³-hybridized carbons (Fsp3) is 0.250. The minimum Gasteiger partial charge on any atom is -0.490 e. The normalized spacial score (nSPS) is 12.0. The van der Waals surface area contributed by atoms with Crippen molar-refractivity contribution in [2.75, 3.05) is 0 Å². The van der Waals surface area contributed by atoms with Crippen LogP contribution in [0.5, 0.6) is 5.75 Å². The molecule has 0 radical (unpaired) electrons. The number of ether oxygens (including phenoxy) is 1. The highest BCUT2D eigenvalue weighted by Gasteiger charge is 2.17. The Morgan fingerprint density at radius 1 is 1.28 bits per heavy atom. The smallest absolute Gasteiger partial charge is 0.263 e. The lowest BCUT2D eigenvalue weighted by Gasteiger charge is -2.13. The standard InChI is InChI=1S/C12H12ClNO3S/c1-8(2)17-10-5-6-11(18(13,15)16)12-9(10)4-3-7-14-12/h3-8H,1-2H3. The SMILES string of the molecule is CC(C)Oc1ccc(S(=O)(=O)Cl)c2ncccc12. The number of benzene rings is 1. The molecule has 0 unspecified atom stereocenters. The van der Waals surface area contributed by atoms with Gasteiger partial charge in [-0.2, -0.15) is 0 Å². The molecule has 0 bridgehead atoms. The van der Waals surface area contributed by atoms with E-state index in [1.807, 2.05) is 13.8 Å². The summed E-state index contributed by atoms with van der Waals surface area (Å²) in [4.78, 5) is 4.07. The summed E-state index contributed by atoms with van der Waals surface area (Å²) in [6, 6.07) is 6.49. The highest BCUT2D eigenvalue weighted by molar-refractivity contribution is 8.14. The lowest BCUT2D eigenvalue weighted by atomic mass is 10.2. The molecule has 96 valence electrons. The van der Waals surface area contributed by atoms with Crippen LogP contribution in [-0.4, -0.2) is 19.5 Å². The van der Waals surface area contributed by atoms with E-state index >= 15 is 0 Å². The highest BCUT2D eigenvalue weighted by atomic mass is 35.7. The first kappa shape index (κ1) is 13.1. The molecule has 0 aliphatic rings. The molecule has 0 aliphatic carbocycles. The van der Waals surface area contributed by atoms with Gasteiger partial charge in [-0.15, -0.1) is 0 Å². The summed E-state index contributed by atoms with van der Waals surface area (Å²) in [7, 11) is 1.57. The van der Waals surface area contributed by atoms with E-state index < -0.39 is 9.05 Å². The number of nitrogens with zero attached hydrogens (tertiary/aromatic N) is 1. The third-order valence-electron chi connectivity index (χ3n) is 2.32. The third-order valence-corrected chi connectivity index (χ3v) is 3.67. The quantitative estimate of drug-likeness (QED) is 0.814. The summed E-state index contributed by atoms with van der Waals surface area (Å²) in [5, 5.41) is 0.632. The Hall–Kier alpha value is -1.33. The van der Waals surface area contributed by atoms with Crippen molar-refractivity contribution in [1.82, 2.24) is 4.98 Å². The van der Waals surface area contributed by atoms with Gasteiger partial charge < -0.3 is 4.74 Å². The second kappa shape index (κ2) is 4.74. The second-order valence-electron chi connectivity index (χ2n) is 4.07. The minimum atomic E-state index is -3.82. The van der Waals surface area contributed by atoms with E-state index in [0.717, 1.165) is 0 Å². The zero-order valence-electron chi connectivity index (χ0n) is 9.92. The van der Waals surface area contributed by atoms with Crippen molar-refractivity contribution in [3.63, 3.8) is 0 Å². The van der Waals surface area contributed by atoms with Crippen LogP contribution in [0.1, 0.15) is 13.8 Å². The van der Waals surface area contributed by atoms with E-state index in [2.05, 4.69) is 4.98 Å². The van der Waals surface area contributed by atoms with Gasteiger partial charge in [-0.1, -0.05) is 0 Å². The van der Waals surface area contributed by atoms with Crippen LogP contribution in [0.25, 0.3) is 10.9 Å². The van der Waals surface area contributed by atoms with E-state index in [-0.39, 0.29) is 11.0 Å². The number of rotatable bonds is 3. The number of halogens is 1. The molecule has 1 heterocycles. The van der Waals surface area contributed by atoms with Gasteiger partial charge >= 0.3 is 0 Å². The summed E-state index contributed by atoms with van der Waals surface area (Å²) in [5.74, 6) is 0.595. The molecule has 6 heteroatoms. The Balaban J connectivity index is 2.74. The zero-order valence-corrected chi connectivity index (χ0v) is 11.5. The second-order valence-corrected chi connectivity index (χ2v) is 6.60. The van der Waals surface area contributed by atoms with E-state index in [9.17, 15) is 8.42 Å². The molecule has 1 aromatic carbocycles. The summed E-state index contributed by atoms with van der Waals surface area (Å²) >= 11 is 0. The van der Waals surface area contributed by atoms with Gasteiger partial charge in [0.1, 0.15) is 10.6 Å². The van der Waals surface area contributed by atoms with E-state index in [1.54, 1.807) is 18.2 Å². The summed E-state index contributed by atoms with van der Waals surface area (Å²) < 4.78 is 28.5. The molecule has 0 saturated heterocycles. The van der Waals surface area contributed by atoms with E-state index in [4.69, 9.17) is 15.4 Å². The third kappa shape index (κ3) is 2.57. The van der Waals surface area contributed by atoms with Gasteiger partial charge in [0.05, 0.1) is 11.6 Å². The molecule has 18 heavy (non-hydrogen) atoms. The molecule has 4 nitrogen and oxygen atoms in total. The van der Waals surface area contributed by atoms with Crippen molar-refractivity contribution in [3.8, 4) is 5.75 Å². The monoisotopic (exact) mass is 285 g/mol. The van der Waals surface area contributed by atoms with Gasteiger partial charge in [-0.3, -0.25) is 4.98 Å². The van der Waals surface area contributed by atoms with Crippen LogP contribution in [0.2, 0.25) is 0 Å². The Morgan fingerprint density at radius 3 is 2.61 bits per heavy atom. The molecule has 2 aromatic rings. The fourth-order valence-corrected chi connectivity index (χ4v) is 2.67. The van der Waals surface area contributed by atoms with Gasteiger partial charge in [-0.05, 0) is 38.1 Å². The van der Waals surface area contributed by atoms with E-state index in [1.165, 1.54) is 12.3 Å². The Kier molecular flexibility index (Phi) is 3.45. The predicted molar refractivity (Wildman–Crippen MR) is 70.5 cm³/mol. The molecule has 0 aliphatic heterocycles. The maximum Gasteiger partial charge on any atom is 0.263 e. The Bertz CT molecular complexity index is 683. The molecule has 1 aromatic heterocycles. The van der Waals surface area contributed by atoms with Crippen molar-refractivity contribution in [2.24, 2.45) is 0 Å². The Morgan fingerprint density at radius 2 is 2.00 bits per heavy atom. The fourth-order valence-electron chi connectivity index (χ4n) is 1.67. The van der Waals surface area contributed by atoms with E-state index in [0.29, 0.717) is 16.7 Å². The van der Waals surface area contributed by atoms with Gasteiger partial charge in [0, 0.05) is 22.3 Å². The largest absolute Gasteiger partial charge is 0.490 e. The predicted octanol–water partition coefficient (Wildman–Crippen LogP) is 2.95. The van der Waals surface area contributed by atoms with Gasteiger partial charge in [-0.25, -0.2) is 8.42 Å². The topological polar surface area (TPSA) is 56.3 Å². The average molecular weight is 286 g/mol. The molecule has 0 fully saturated rings. The molecule has 0 N–H and O–H groups in total. The van der Waals surface area contributed by atoms with Gasteiger partial charge in [0.15, 0.2) is 0 Å². The average Bonchev–Trinajstić information content (AvgIpc) is 2.27. The van der Waals surface area contributed by atoms with Crippen LogP contribution < -0.4 is 4.74 Å². The van der Waals surface area contributed by atoms with Crippen LogP contribution >= 0.6 is 10.7 Å². The molecule has 0 atom stereocenters. The number of fused-ring (bicyclic) bond motifs is 1. The van der Waals surface area contributed by atoms with Crippen molar-refractivity contribution in [3.05, 3.63) is 30.5 Å². The van der Waals surface area contributed by atoms with Crippen molar-refractivity contribution < 1.29 is 13.2 Å². The summed E-state index contributed by atoms with van der Waals surface area (Å²) in [6.45, 7) is 3.79. The van der Waals surface area contributed by atoms with Crippen LogP contribution in [0.3, 0.4) is 0 Å². The molecular formula is C12H12ClNO3S. The van der Waals surface area contributed by atoms with Crippen molar-refractivity contribution in [2.45, 2.75) is 24.8 Å². The minimum absolute atomic E-state index is 0.00382. The van der Waals surface area contributed by atoms with Crippen LogP contribution in [0.4, 0.5) is 0 Å². The van der Waals surface area contributed by atoms with Gasteiger partial charge in [0.2, 0.25) is 0 Å². The van der Waals surface area contributed by atoms with Crippen LogP contribution in [0, 0.1) is 0 Å².